The van der Waals surface area contributed by atoms with E-state index < -0.39 is 11.7 Å². The highest BCUT2D eigenvalue weighted by atomic mass is 35.5. The molecule has 1 amide bonds. The van der Waals surface area contributed by atoms with Crippen LogP contribution in [0.25, 0.3) is 22.4 Å². The van der Waals surface area contributed by atoms with Gasteiger partial charge >= 0.3 is 6.18 Å². The molecule has 5 rings (SSSR count). The first-order valence-corrected chi connectivity index (χ1v) is 13.1. The smallest absolute Gasteiger partial charge is 0.352 e. The first-order valence-electron chi connectivity index (χ1n) is 12.3. The summed E-state index contributed by atoms with van der Waals surface area (Å²) in [5.74, 6) is 1.13. The number of fused-ring (bicyclic) bond motifs is 1. The molecular weight excluding hydrogens is 554 g/mol. The molecule has 12 heteroatoms. The molecule has 1 saturated heterocycles. The SMILES string of the molecule is CC(C)Cc1nc(N2CCN(C(=O)c3cc(Cl)cc(Cl)c3)CC2)c2c(-c3cccc(C(F)(F)F)c3)noc2n1. The van der Waals surface area contributed by atoms with Gasteiger partial charge in [0.2, 0.25) is 0 Å². The minimum Gasteiger partial charge on any atom is -0.352 e. The topological polar surface area (TPSA) is 75.4 Å². The Kier molecular flexibility index (Phi) is 7.43. The molecule has 204 valence electrons. The standard InChI is InChI=1S/C27H24Cl2F3N5O2/c1-15(2)10-21-33-24(36-6-8-37(9-7-36)26(38)17-12-19(28)14-20(29)13-17)22-23(35-39-25(22)34-21)16-4-3-5-18(11-16)27(30,31)32/h3-5,11-15H,6-10H2,1-2H3. The zero-order chi connectivity index (χ0) is 27.9. The van der Waals surface area contributed by atoms with Crippen molar-refractivity contribution in [2.24, 2.45) is 5.92 Å². The van der Waals surface area contributed by atoms with E-state index >= 15 is 0 Å². The number of hydrogen-bond acceptors (Lipinski definition) is 6. The van der Waals surface area contributed by atoms with Crippen molar-refractivity contribution in [2.75, 3.05) is 31.1 Å². The summed E-state index contributed by atoms with van der Waals surface area (Å²) in [6.45, 7) is 5.71. The Bertz CT molecular complexity index is 1510. The molecule has 0 atom stereocenters. The van der Waals surface area contributed by atoms with Gasteiger partial charge in [0.15, 0.2) is 0 Å². The van der Waals surface area contributed by atoms with Gasteiger partial charge in [0, 0.05) is 53.8 Å². The molecule has 39 heavy (non-hydrogen) atoms. The third-order valence-corrected chi connectivity index (χ3v) is 6.83. The largest absolute Gasteiger partial charge is 0.416 e. The van der Waals surface area contributed by atoms with E-state index in [0.29, 0.717) is 65.2 Å². The highest BCUT2D eigenvalue weighted by molar-refractivity contribution is 6.35. The summed E-state index contributed by atoms with van der Waals surface area (Å²) in [5.41, 5.74) is 0.292. The molecule has 0 radical (unpaired) electrons. The highest BCUT2D eigenvalue weighted by Crippen LogP contribution is 2.37. The van der Waals surface area contributed by atoms with Gasteiger partial charge in [-0.2, -0.15) is 18.2 Å². The lowest BCUT2D eigenvalue weighted by Gasteiger charge is -2.35. The van der Waals surface area contributed by atoms with Gasteiger partial charge < -0.3 is 14.3 Å². The molecule has 1 aliphatic heterocycles. The molecule has 0 saturated carbocycles. The molecule has 1 fully saturated rings. The van der Waals surface area contributed by atoms with Crippen molar-refractivity contribution >= 4 is 46.0 Å². The summed E-state index contributed by atoms with van der Waals surface area (Å²) in [6.07, 6.45) is -3.92. The Labute approximate surface area is 232 Å². The van der Waals surface area contributed by atoms with Gasteiger partial charge in [0.25, 0.3) is 11.6 Å². The maximum atomic E-state index is 13.4. The Morgan fingerprint density at radius 1 is 1.03 bits per heavy atom. The number of piperazine rings is 1. The third kappa shape index (κ3) is 5.81. The van der Waals surface area contributed by atoms with Gasteiger partial charge in [-0.3, -0.25) is 4.79 Å². The summed E-state index contributed by atoms with van der Waals surface area (Å²) >= 11 is 12.2. The fraction of sp³-hybridized carbons (Fsp3) is 0.333. The second-order valence-electron chi connectivity index (χ2n) is 9.79. The minimum atomic E-state index is -4.50. The maximum Gasteiger partial charge on any atom is 0.416 e. The van der Waals surface area contributed by atoms with Crippen LogP contribution in [0.3, 0.4) is 0 Å². The Morgan fingerprint density at radius 3 is 2.36 bits per heavy atom. The average Bonchev–Trinajstić information content (AvgIpc) is 3.30. The molecule has 2 aromatic carbocycles. The lowest BCUT2D eigenvalue weighted by Crippen LogP contribution is -2.49. The van der Waals surface area contributed by atoms with Crippen LogP contribution < -0.4 is 4.90 Å². The molecule has 0 N–H and O–H groups in total. The predicted molar refractivity (Wildman–Crippen MR) is 143 cm³/mol. The van der Waals surface area contributed by atoms with Gasteiger partial charge in [0.05, 0.1) is 5.56 Å². The lowest BCUT2D eigenvalue weighted by molar-refractivity contribution is -0.137. The first kappa shape index (κ1) is 27.2. The average molecular weight is 578 g/mol. The van der Waals surface area contributed by atoms with Crippen LogP contribution in [0.1, 0.15) is 35.6 Å². The monoisotopic (exact) mass is 577 g/mol. The molecule has 4 aromatic rings. The van der Waals surface area contributed by atoms with Gasteiger partial charge in [-0.25, -0.2) is 4.98 Å². The third-order valence-electron chi connectivity index (χ3n) is 6.39. The first-order chi connectivity index (χ1) is 18.5. The fourth-order valence-corrected chi connectivity index (χ4v) is 5.11. The summed E-state index contributed by atoms with van der Waals surface area (Å²) in [4.78, 5) is 26.1. The summed E-state index contributed by atoms with van der Waals surface area (Å²) in [7, 11) is 0. The molecule has 0 spiro atoms. The summed E-state index contributed by atoms with van der Waals surface area (Å²) < 4.78 is 45.8. The maximum absolute atomic E-state index is 13.4. The van der Waals surface area contributed by atoms with Crippen LogP contribution in [0.2, 0.25) is 10.0 Å². The number of amides is 1. The van der Waals surface area contributed by atoms with Crippen molar-refractivity contribution in [3.8, 4) is 11.3 Å². The molecule has 0 bridgehead atoms. The van der Waals surface area contributed by atoms with Gasteiger partial charge in [-0.05, 0) is 36.2 Å². The summed E-state index contributed by atoms with van der Waals surface area (Å²) in [5, 5.41) is 5.29. The number of halogens is 5. The van der Waals surface area contributed by atoms with E-state index in [9.17, 15) is 18.0 Å². The minimum absolute atomic E-state index is 0.193. The zero-order valence-electron chi connectivity index (χ0n) is 21.1. The second-order valence-corrected chi connectivity index (χ2v) is 10.7. The molecule has 7 nitrogen and oxygen atoms in total. The zero-order valence-corrected chi connectivity index (χ0v) is 22.6. The van der Waals surface area contributed by atoms with E-state index in [1.165, 1.54) is 6.07 Å². The van der Waals surface area contributed by atoms with Crippen LogP contribution >= 0.6 is 23.2 Å². The van der Waals surface area contributed by atoms with Crippen molar-refractivity contribution in [3.05, 3.63) is 69.5 Å². The van der Waals surface area contributed by atoms with Crippen LogP contribution in [0.15, 0.2) is 47.0 Å². The van der Waals surface area contributed by atoms with Crippen molar-refractivity contribution in [1.29, 1.82) is 0 Å². The summed E-state index contributed by atoms with van der Waals surface area (Å²) in [6, 6.07) is 9.64. The van der Waals surface area contributed by atoms with Gasteiger partial charge in [0.1, 0.15) is 22.7 Å². The van der Waals surface area contributed by atoms with E-state index in [2.05, 4.69) is 10.1 Å². The normalized spacial score (nSPS) is 14.5. The molecule has 0 unspecified atom stereocenters. The highest BCUT2D eigenvalue weighted by Gasteiger charge is 2.32. The second kappa shape index (κ2) is 10.7. The lowest BCUT2D eigenvalue weighted by atomic mass is 10.0. The number of aromatic nitrogens is 3. The van der Waals surface area contributed by atoms with Crippen molar-refractivity contribution in [2.45, 2.75) is 26.4 Å². The molecule has 3 heterocycles. The van der Waals surface area contributed by atoms with Crippen molar-refractivity contribution in [3.63, 3.8) is 0 Å². The van der Waals surface area contributed by atoms with Crippen LogP contribution in [-0.2, 0) is 12.6 Å². The number of hydrogen-bond donors (Lipinski definition) is 0. The van der Waals surface area contributed by atoms with Crippen molar-refractivity contribution in [1.82, 2.24) is 20.0 Å². The van der Waals surface area contributed by atoms with E-state index in [-0.39, 0.29) is 28.8 Å². The number of carbonyl (C=O) groups is 1. The number of carbonyl (C=O) groups excluding carboxylic acids is 1. The Hall–Kier alpha value is -3.37. The molecule has 0 aliphatic carbocycles. The molecular formula is C27H24Cl2F3N5O2. The van der Waals surface area contributed by atoms with Crippen LogP contribution in [0.5, 0.6) is 0 Å². The van der Waals surface area contributed by atoms with E-state index in [1.807, 2.05) is 18.7 Å². The van der Waals surface area contributed by atoms with Crippen LogP contribution in [-0.4, -0.2) is 52.1 Å². The van der Waals surface area contributed by atoms with Crippen LogP contribution in [0.4, 0.5) is 19.0 Å². The molecule has 1 aliphatic rings. The fourth-order valence-electron chi connectivity index (χ4n) is 4.59. The van der Waals surface area contributed by atoms with E-state index in [0.717, 1.165) is 12.1 Å². The van der Waals surface area contributed by atoms with Crippen LogP contribution in [0, 0.1) is 5.92 Å². The Balaban J connectivity index is 1.49. The number of rotatable bonds is 5. The number of nitrogens with zero attached hydrogens (tertiary/aromatic N) is 5. The molecule has 2 aromatic heterocycles. The van der Waals surface area contributed by atoms with E-state index in [4.69, 9.17) is 32.7 Å². The quantitative estimate of drug-likeness (QED) is 0.260. The number of anilines is 1. The number of benzene rings is 2. The van der Waals surface area contributed by atoms with Gasteiger partial charge in [-0.15, -0.1) is 0 Å². The number of alkyl halides is 3. The van der Waals surface area contributed by atoms with E-state index in [1.54, 1.807) is 29.2 Å². The van der Waals surface area contributed by atoms with Crippen molar-refractivity contribution < 1.29 is 22.5 Å². The van der Waals surface area contributed by atoms with Gasteiger partial charge in [-0.1, -0.05) is 54.3 Å². The predicted octanol–water partition coefficient (Wildman–Crippen LogP) is 6.77. The Morgan fingerprint density at radius 2 is 1.72 bits per heavy atom.